The molecule has 134 valence electrons. The van der Waals surface area contributed by atoms with Crippen molar-refractivity contribution in [2.75, 3.05) is 11.9 Å². The van der Waals surface area contributed by atoms with E-state index in [1.54, 1.807) is 31.2 Å². The second-order valence-corrected chi connectivity index (χ2v) is 7.43. The van der Waals surface area contributed by atoms with Crippen LogP contribution in [0.2, 0.25) is 0 Å². The molecule has 0 radical (unpaired) electrons. The fourth-order valence-corrected chi connectivity index (χ4v) is 3.88. The molecule has 1 saturated heterocycles. The smallest absolute Gasteiger partial charge is 0.338 e. The van der Waals surface area contributed by atoms with Gasteiger partial charge in [-0.05, 0) is 51.0 Å². The number of esters is 2. The summed E-state index contributed by atoms with van der Waals surface area (Å²) in [7, 11) is 0. The average molecular weight is 345 g/mol. The lowest BCUT2D eigenvalue weighted by Crippen LogP contribution is -2.50. The number of amides is 1. The zero-order valence-electron chi connectivity index (χ0n) is 15.0. The third-order valence-corrected chi connectivity index (χ3v) is 6.10. The SMILES string of the molecule is CCOC(=O)c1ccc(NC(=O)[C@@]23CC[C@](C)(C(=O)O2)C3(C)C)cc1. The summed E-state index contributed by atoms with van der Waals surface area (Å²) in [5.74, 6) is -1.04. The summed E-state index contributed by atoms with van der Waals surface area (Å²) in [4.78, 5) is 36.9. The van der Waals surface area contributed by atoms with E-state index in [2.05, 4.69) is 5.32 Å². The van der Waals surface area contributed by atoms with Crippen LogP contribution in [0.1, 0.15) is 50.9 Å². The number of hydrogen-bond acceptors (Lipinski definition) is 5. The van der Waals surface area contributed by atoms with Gasteiger partial charge in [-0.25, -0.2) is 4.79 Å². The molecule has 1 heterocycles. The molecule has 3 rings (SSSR count). The number of carbonyl (C=O) groups excluding carboxylic acids is 3. The molecule has 0 spiro atoms. The topological polar surface area (TPSA) is 81.7 Å². The van der Waals surface area contributed by atoms with Crippen molar-refractivity contribution in [1.29, 1.82) is 0 Å². The number of fused-ring (bicyclic) bond motifs is 2. The van der Waals surface area contributed by atoms with Gasteiger partial charge in [0.2, 0.25) is 0 Å². The van der Waals surface area contributed by atoms with Gasteiger partial charge in [0.25, 0.3) is 5.91 Å². The second-order valence-electron chi connectivity index (χ2n) is 7.43. The Bertz CT molecular complexity index is 739. The van der Waals surface area contributed by atoms with Crippen LogP contribution in [0.15, 0.2) is 24.3 Å². The lowest BCUT2D eigenvalue weighted by Gasteiger charge is -2.35. The first-order valence-corrected chi connectivity index (χ1v) is 8.50. The van der Waals surface area contributed by atoms with E-state index in [0.29, 0.717) is 30.7 Å². The minimum absolute atomic E-state index is 0.305. The fraction of sp³-hybridized carbons (Fsp3) is 0.526. The first-order chi connectivity index (χ1) is 11.7. The average Bonchev–Trinajstić information content (AvgIpc) is 2.86. The Labute approximate surface area is 146 Å². The van der Waals surface area contributed by atoms with E-state index < -0.39 is 22.4 Å². The Kier molecular flexibility index (Phi) is 3.89. The minimum atomic E-state index is -1.15. The molecule has 1 aliphatic carbocycles. The van der Waals surface area contributed by atoms with Gasteiger partial charge in [-0.15, -0.1) is 0 Å². The van der Waals surface area contributed by atoms with Gasteiger partial charge >= 0.3 is 11.9 Å². The van der Waals surface area contributed by atoms with Gasteiger partial charge in [0, 0.05) is 11.1 Å². The Balaban J connectivity index is 1.79. The molecule has 6 nitrogen and oxygen atoms in total. The molecule has 2 atom stereocenters. The van der Waals surface area contributed by atoms with Crippen molar-refractivity contribution in [3.63, 3.8) is 0 Å². The third kappa shape index (κ3) is 2.27. The van der Waals surface area contributed by atoms with Crippen molar-refractivity contribution < 1.29 is 23.9 Å². The molecule has 2 fully saturated rings. The van der Waals surface area contributed by atoms with Crippen LogP contribution < -0.4 is 5.32 Å². The molecule has 1 N–H and O–H groups in total. The predicted octanol–water partition coefficient (Wildman–Crippen LogP) is 2.92. The Morgan fingerprint density at radius 3 is 2.28 bits per heavy atom. The van der Waals surface area contributed by atoms with Crippen molar-refractivity contribution >= 4 is 23.5 Å². The van der Waals surface area contributed by atoms with Gasteiger partial charge in [0.05, 0.1) is 17.6 Å². The Morgan fingerprint density at radius 2 is 1.80 bits per heavy atom. The normalized spacial score (nSPS) is 29.2. The Morgan fingerprint density at radius 1 is 1.16 bits per heavy atom. The van der Waals surface area contributed by atoms with E-state index in [1.165, 1.54) is 0 Å². The van der Waals surface area contributed by atoms with E-state index in [9.17, 15) is 14.4 Å². The monoisotopic (exact) mass is 345 g/mol. The molecular formula is C19H23NO5. The molecule has 1 aromatic carbocycles. The summed E-state index contributed by atoms with van der Waals surface area (Å²) in [5, 5.41) is 2.83. The second kappa shape index (κ2) is 5.58. The highest BCUT2D eigenvalue weighted by molar-refractivity contribution is 6.03. The predicted molar refractivity (Wildman–Crippen MR) is 91.0 cm³/mol. The van der Waals surface area contributed by atoms with Crippen LogP contribution in [0.4, 0.5) is 5.69 Å². The molecule has 1 saturated carbocycles. The van der Waals surface area contributed by atoms with Gasteiger partial charge in [0.15, 0.2) is 5.60 Å². The van der Waals surface area contributed by atoms with Crippen molar-refractivity contribution in [3.05, 3.63) is 29.8 Å². The number of nitrogens with one attached hydrogen (secondary N) is 1. The summed E-state index contributed by atoms with van der Waals surface area (Å²) < 4.78 is 10.5. The maximum atomic E-state index is 12.9. The number of rotatable bonds is 4. The van der Waals surface area contributed by atoms with Crippen LogP contribution in [0.3, 0.4) is 0 Å². The number of benzene rings is 1. The Hall–Kier alpha value is -2.37. The molecule has 2 bridgehead atoms. The van der Waals surface area contributed by atoms with Crippen molar-refractivity contribution in [1.82, 2.24) is 0 Å². The first kappa shape index (κ1) is 17.5. The highest BCUT2D eigenvalue weighted by atomic mass is 16.6. The number of hydrogen-bond donors (Lipinski definition) is 1. The maximum Gasteiger partial charge on any atom is 0.338 e. The van der Waals surface area contributed by atoms with Gasteiger partial charge in [0.1, 0.15) is 0 Å². The summed E-state index contributed by atoms with van der Waals surface area (Å²) in [5.41, 5.74) is -1.43. The third-order valence-electron chi connectivity index (χ3n) is 6.10. The highest BCUT2D eigenvalue weighted by Gasteiger charge is 2.75. The minimum Gasteiger partial charge on any atom is -0.462 e. The van der Waals surface area contributed by atoms with Crippen molar-refractivity contribution in [3.8, 4) is 0 Å². The molecule has 6 heteroatoms. The van der Waals surface area contributed by atoms with Gasteiger partial charge in [-0.2, -0.15) is 0 Å². The number of carbonyl (C=O) groups is 3. The van der Waals surface area contributed by atoms with E-state index in [0.717, 1.165) is 0 Å². The molecular weight excluding hydrogens is 322 g/mol. The number of anilines is 1. The number of ether oxygens (including phenoxy) is 2. The van der Waals surface area contributed by atoms with Gasteiger partial charge in [-0.1, -0.05) is 13.8 Å². The molecule has 2 aliphatic rings. The maximum absolute atomic E-state index is 12.9. The standard InChI is InChI=1S/C19H23NO5/c1-5-24-14(21)12-6-8-13(9-7-12)20-15(22)19-11-10-18(4,16(23)25-19)17(19,2)3/h6-9H,5,10-11H2,1-4H3,(H,20,22)/t18-,19-/m1/s1. The van der Waals surface area contributed by atoms with Crippen LogP contribution in [-0.2, 0) is 19.1 Å². The lowest BCUT2D eigenvalue weighted by molar-refractivity contribution is -0.165. The van der Waals surface area contributed by atoms with Crippen molar-refractivity contribution in [2.45, 2.75) is 46.1 Å². The van der Waals surface area contributed by atoms with Crippen LogP contribution in [0, 0.1) is 10.8 Å². The van der Waals surface area contributed by atoms with Crippen LogP contribution >= 0.6 is 0 Å². The first-order valence-electron chi connectivity index (χ1n) is 8.50. The van der Waals surface area contributed by atoms with Gasteiger partial charge < -0.3 is 14.8 Å². The van der Waals surface area contributed by atoms with E-state index >= 15 is 0 Å². The summed E-state index contributed by atoms with van der Waals surface area (Å²) in [6.07, 6.45) is 1.14. The van der Waals surface area contributed by atoms with E-state index in [1.807, 2.05) is 20.8 Å². The largest absolute Gasteiger partial charge is 0.462 e. The van der Waals surface area contributed by atoms with Crippen molar-refractivity contribution in [2.24, 2.45) is 10.8 Å². The summed E-state index contributed by atoms with van der Waals surface area (Å²) in [6.45, 7) is 7.74. The summed E-state index contributed by atoms with van der Waals surface area (Å²) >= 11 is 0. The van der Waals surface area contributed by atoms with Crippen LogP contribution in [-0.4, -0.2) is 30.1 Å². The van der Waals surface area contributed by atoms with Crippen LogP contribution in [0.25, 0.3) is 0 Å². The fourth-order valence-electron chi connectivity index (χ4n) is 3.88. The molecule has 1 aromatic rings. The highest BCUT2D eigenvalue weighted by Crippen LogP contribution is 2.65. The quantitative estimate of drug-likeness (QED) is 0.849. The molecule has 0 aromatic heterocycles. The zero-order valence-corrected chi connectivity index (χ0v) is 15.0. The zero-order chi connectivity index (χ0) is 18.5. The molecule has 1 aliphatic heterocycles. The summed E-state index contributed by atoms with van der Waals surface area (Å²) in [6, 6.07) is 6.46. The van der Waals surface area contributed by atoms with Crippen LogP contribution in [0.5, 0.6) is 0 Å². The van der Waals surface area contributed by atoms with Gasteiger partial charge in [-0.3, -0.25) is 9.59 Å². The molecule has 1 amide bonds. The molecule has 0 unspecified atom stereocenters. The lowest BCUT2D eigenvalue weighted by atomic mass is 9.66. The molecule has 25 heavy (non-hydrogen) atoms. The van der Waals surface area contributed by atoms with E-state index in [4.69, 9.17) is 9.47 Å². The van der Waals surface area contributed by atoms with E-state index in [-0.39, 0.29) is 11.9 Å².